The van der Waals surface area contributed by atoms with Gasteiger partial charge in [0.05, 0.1) is 12.6 Å². The van der Waals surface area contributed by atoms with Gasteiger partial charge in [-0.1, -0.05) is 42.5 Å². The van der Waals surface area contributed by atoms with Crippen LogP contribution in [0.25, 0.3) is 0 Å². The molecule has 2 aromatic carbocycles. The Labute approximate surface area is 121 Å². The van der Waals surface area contributed by atoms with E-state index in [1.807, 2.05) is 18.2 Å². The summed E-state index contributed by atoms with van der Waals surface area (Å²) in [6.07, 6.45) is 0. The van der Waals surface area contributed by atoms with E-state index in [-0.39, 0.29) is 12.6 Å². The molecule has 1 unspecified atom stereocenters. The fourth-order valence-electron chi connectivity index (χ4n) is 2.47. The summed E-state index contributed by atoms with van der Waals surface area (Å²) >= 11 is 0. The molecule has 0 bridgehead atoms. The van der Waals surface area contributed by atoms with Crippen molar-refractivity contribution in [3.63, 3.8) is 0 Å². The van der Waals surface area contributed by atoms with Crippen molar-refractivity contribution in [2.24, 2.45) is 0 Å². The molecule has 0 saturated carbocycles. The topological polar surface area (TPSA) is 32.3 Å². The Morgan fingerprint density at radius 2 is 1.60 bits per heavy atom. The van der Waals surface area contributed by atoms with Crippen molar-refractivity contribution in [2.45, 2.75) is 33.4 Å². The van der Waals surface area contributed by atoms with Gasteiger partial charge in [-0.25, -0.2) is 0 Å². The zero-order chi connectivity index (χ0) is 14.5. The Bertz CT molecular complexity index is 563. The minimum absolute atomic E-state index is 0.0190. The van der Waals surface area contributed by atoms with E-state index in [4.69, 9.17) is 0 Å². The van der Waals surface area contributed by atoms with Gasteiger partial charge in [0.1, 0.15) is 0 Å². The Morgan fingerprint density at radius 1 is 0.950 bits per heavy atom. The first-order valence-corrected chi connectivity index (χ1v) is 7.07. The van der Waals surface area contributed by atoms with Crippen LogP contribution in [0.1, 0.15) is 33.9 Å². The van der Waals surface area contributed by atoms with Crippen LogP contribution in [0.2, 0.25) is 0 Å². The van der Waals surface area contributed by atoms with Crippen LogP contribution in [0.4, 0.5) is 0 Å². The highest BCUT2D eigenvalue weighted by atomic mass is 16.3. The fourth-order valence-corrected chi connectivity index (χ4v) is 2.47. The molecule has 0 radical (unpaired) electrons. The molecule has 0 amide bonds. The van der Waals surface area contributed by atoms with E-state index in [1.165, 1.54) is 27.8 Å². The largest absolute Gasteiger partial charge is 0.394 e. The summed E-state index contributed by atoms with van der Waals surface area (Å²) in [4.78, 5) is 0. The molecule has 0 saturated heterocycles. The summed E-state index contributed by atoms with van der Waals surface area (Å²) in [6.45, 7) is 7.21. The maximum Gasteiger partial charge on any atom is 0.0626 e. The molecular formula is C18H23NO. The van der Waals surface area contributed by atoms with Gasteiger partial charge in [-0.2, -0.15) is 0 Å². The smallest absolute Gasteiger partial charge is 0.0626 e. The molecule has 0 fully saturated rings. The molecule has 0 aliphatic heterocycles. The first-order valence-electron chi connectivity index (χ1n) is 7.07. The molecule has 0 aliphatic carbocycles. The summed E-state index contributed by atoms with van der Waals surface area (Å²) in [6, 6.07) is 14.6. The summed E-state index contributed by atoms with van der Waals surface area (Å²) in [7, 11) is 0. The van der Waals surface area contributed by atoms with E-state index < -0.39 is 0 Å². The fraction of sp³-hybridized carbons (Fsp3) is 0.333. The lowest BCUT2D eigenvalue weighted by Crippen LogP contribution is -2.25. The summed E-state index contributed by atoms with van der Waals surface area (Å²) in [5, 5.41) is 13.1. The second kappa shape index (κ2) is 6.69. The van der Waals surface area contributed by atoms with Crippen LogP contribution in [0.15, 0.2) is 42.5 Å². The van der Waals surface area contributed by atoms with Crippen molar-refractivity contribution in [3.05, 3.63) is 70.3 Å². The third-order valence-corrected chi connectivity index (χ3v) is 3.84. The van der Waals surface area contributed by atoms with Gasteiger partial charge in [0.25, 0.3) is 0 Å². The summed E-state index contributed by atoms with van der Waals surface area (Å²) in [5.74, 6) is 0. The molecule has 0 aliphatic rings. The minimum atomic E-state index is -0.0190. The van der Waals surface area contributed by atoms with Crippen molar-refractivity contribution >= 4 is 0 Å². The summed E-state index contributed by atoms with van der Waals surface area (Å²) < 4.78 is 0. The number of benzene rings is 2. The molecule has 0 heterocycles. The SMILES string of the molecule is Cc1cc(C)c(C(CO)NCc2ccccc2)cc1C. The van der Waals surface area contributed by atoms with Crippen LogP contribution >= 0.6 is 0 Å². The van der Waals surface area contributed by atoms with Crippen molar-refractivity contribution < 1.29 is 5.11 Å². The molecule has 2 nitrogen and oxygen atoms in total. The predicted octanol–water partition coefficient (Wildman–Crippen LogP) is 3.44. The van der Waals surface area contributed by atoms with Gasteiger partial charge in [0.2, 0.25) is 0 Å². The van der Waals surface area contributed by atoms with Crippen LogP contribution in [-0.2, 0) is 6.54 Å². The van der Waals surface area contributed by atoms with Crippen molar-refractivity contribution in [2.75, 3.05) is 6.61 Å². The van der Waals surface area contributed by atoms with Crippen LogP contribution in [0.3, 0.4) is 0 Å². The van der Waals surface area contributed by atoms with Gasteiger partial charge in [-0.3, -0.25) is 0 Å². The van der Waals surface area contributed by atoms with Gasteiger partial charge in [-0.05, 0) is 48.6 Å². The third-order valence-electron chi connectivity index (χ3n) is 3.84. The third kappa shape index (κ3) is 3.47. The maximum atomic E-state index is 9.68. The van der Waals surface area contributed by atoms with Crippen molar-refractivity contribution in [1.29, 1.82) is 0 Å². The molecule has 2 rings (SSSR count). The maximum absolute atomic E-state index is 9.68. The number of rotatable bonds is 5. The molecule has 0 aromatic heterocycles. The van der Waals surface area contributed by atoms with E-state index in [1.54, 1.807) is 0 Å². The first kappa shape index (κ1) is 14.8. The normalized spacial score (nSPS) is 12.4. The highest BCUT2D eigenvalue weighted by Crippen LogP contribution is 2.22. The number of hydrogen-bond donors (Lipinski definition) is 2. The Kier molecular flexibility index (Phi) is 4.94. The second-order valence-electron chi connectivity index (χ2n) is 5.39. The van der Waals surface area contributed by atoms with Gasteiger partial charge in [-0.15, -0.1) is 0 Å². The number of aryl methyl sites for hydroxylation is 3. The lowest BCUT2D eigenvalue weighted by molar-refractivity contribution is 0.243. The first-order chi connectivity index (χ1) is 9.61. The van der Waals surface area contributed by atoms with E-state index in [0.717, 1.165) is 6.54 Å². The number of aliphatic hydroxyl groups excluding tert-OH is 1. The zero-order valence-electron chi connectivity index (χ0n) is 12.5. The van der Waals surface area contributed by atoms with E-state index in [0.29, 0.717) is 0 Å². The molecule has 106 valence electrons. The quantitative estimate of drug-likeness (QED) is 0.871. The van der Waals surface area contributed by atoms with Crippen molar-refractivity contribution in [1.82, 2.24) is 5.32 Å². The van der Waals surface area contributed by atoms with Gasteiger partial charge >= 0.3 is 0 Å². The standard InChI is InChI=1S/C18H23NO/c1-13-9-15(3)17(10-14(13)2)18(12-20)19-11-16-7-5-4-6-8-16/h4-10,18-20H,11-12H2,1-3H3. The zero-order valence-corrected chi connectivity index (χ0v) is 12.5. The van der Waals surface area contributed by atoms with E-state index >= 15 is 0 Å². The lowest BCUT2D eigenvalue weighted by Gasteiger charge is -2.20. The van der Waals surface area contributed by atoms with Gasteiger partial charge < -0.3 is 10.4 Å². The highest BCUT2D eigenvalue weighted by Gasteiger charge is 2.13. The summed E-state index contributed by atoms with van der Waals surface area (Å²) in [5.41, 5.74) is 6.21. The van der Waals surface area contributed by atoms with E-state index in [2.05, 4.69) is 50.4 Å². The van der Waals surface area contributed by atoms with E-state index in [9.17, 15) is 5.11 Å². The van der Waals surface area contributed by atoms with Gasteiger partial charge in [0.15, 0.2) is 0 Å². The molecule has 0 spiro atoms. The molecule has 20 heavy (non-hydrogen) atoms. The number of aliphatic hydroxyl groups is 1. The minimum Gasteiger partial charge on any atom is -0.394 e. The monoisotopic (exact) mass is 269 g/mol. The number of nitrogens with one attached hydrogen (secondary N) is 1. The van der Waals surface area contributed by atoms with Crippen LogP contribution in [0.5, 0.6) is 0 Å². The molecule has 2 heteroatoms. The average Bonchev–Trinajstić information content (AvgIpc) is 2.46. The predicted molar refractivity (Wildman–Crippen MR) is 83.8 cm³/mol. The Hall–Kier alpha value is -1.64. The lowest BCUT2D eigenvalue weighted by atomic mass is 9.96. The van der Waals surface area contributed by atoms with Crippen LogP contribution < -0.4 is 5.32 Å². The molecule has 2 aromatic rings. The van der Waals surface area contributed by atoms with Gasteiger partial charge in [0, 0.05) is 6.54 Å². The van der Waals surface area contributed by atoms with Crippen LogP contribution in [-0.4, -0.2) is 11.7 Å². The Morgan fingerprint density at radius 3 is 2.25 bits per heavy atom. The second-order valence-corrected chi connectivity index (χ2v) is 5.39. The average molecular weight is 269 g/mol. The molecular weight excluding hydrogens is 246 g/mol. The molecule has 2 N–H and O–H groups in total. The van der Waals surface area contributed by atoms with Crippen molar-refractivity contribution in [3.8, 4) is 0 Å². The Balaban J connectivity index is 2.14. The van der Waals surface area contributed by atoms with Crippen LogP contribution in [0, 0.1) is 20.8 Å². The highest BCUT2D eigenvalue weighted by molar-refractivity contribution is 5.38. The molecule has 1 atom stereocenters. The number of hydrogen-bond acceptors (Lipinski definition) is 2.